The number of aromatic amines is 1. The molecule has 0 radical (unpaired) electrons. The Morgan fingerprint density at radius 3 is 2.75 bits per heavy atom. The van der Waals surface area contributed by atoms with Gasteiger partial charge in [-0.2, -0.15) is 0 Å². The summed E-state index contributed by atoms with van der Waals surface area (Å²) in [7, 11) is 0. The first-order chi connectivity index (χ1) is 13.5. The zero-order chi connectivity index (χ0) is 19.7. The molecule has 5 heteroatoms. The molecule has 140 valence electrons. The summed E-state index contributed by atoms with van der Waals surface area (Å²) < 4.78 is 0. The van der Waals surface area contributed by atoms with Gasteiger partial charge in [0.1, 0.15) is 5.84 Å². The van der Waals surface area contributed by atoms with Crippen LogP contribution < -0.4 is 11.1 Å². The second-order valence-corrected chi connectivity index (χ2v) is 7.09. The van der Waals surface area contributed by atoms with E-state index in [4.69, 9.17) is 11.1 Å². The van der Waals surface area contributed by atoms with Crippen molar-refractivity contribution in [1.29, 1.82) is 5.41 Å². The van der Waals surface area contributed by atoms with Gasteiger partial charge in [-0.05, 0) is 58.5 Å². The van der Waals surface area contributed by atoms with Crippen LogP contribution in [0.1, 0.15) is 22.4 Å². The number of rotatable bonds is 5. The topological polar surface area (TPSA) is 94.8 Å². The molecular weight excluding hydrogens is 348 g/mol. The normalized spacial score (nSPS) is 11.0. The lowest BCUT2D eigenvalue weighted by molar-refractivity contribution is -0.120. The minimum Gasteiger partial charge on any atom is -0.384 e. The predicted molar refractivity (Wildman–Crippen MR) is 114 cm³/mol. The van der Waals surface area contributed by atoms with Crippen molar-refractivity contribution in [2.45, 2.75) is 19.9 Å². The maximum atomic E-state index is 12.5. The van der Waals surface area contributed by atoms with Crippen LogP contribution in [0.3, 0.4) is 0 Å². The molecule has 1 amide bonds. The Kier molecular flexibility index (Phi) is 4.57. The second kappa shape index (κ2) is 7.19. The van der Waals surface area contributed by atoms with Crippen LogP contribution in [0.15, 0.2) is 60.7 Å². The van der Waals surface area contributed by atoms with Gasteiger partial charge in [0.2, 0.25) is 5.91 Å². The highest BCUT2D eigenvalue weighted by molar-refractivity contribution is 6.00. The maximum absolute atomic E-state index is 12.5. The fraction of sp³-hybridized carbons (Fsp3) is 0.130. The van der Waals surface area contributed by atoms with Crippen molar-refractivity contribution in [3.05, 3.63) is 83.0 Å². The van der Waals surface area contributed by atoms with Gasteiger partial charge in [0, 0.05) is 23.3 Å². The fourth-order valence-electron chi connectivity index (χ4n) is 3.55. The molecule has 3 aromatic carbocycles. The molecular formula is C23H22N4O. The van der Waals surface area contributed by atoms with E-state index < -0.39 is 0 Å². The average molecular weight is 370 g/mol. The lowest BCUT2D eigenvalue weighted by Crippen LogP contribution is -2.24. The summed E-state index contributed by atoms with van der Waals surface area (Å²) in [6.07, 6.45) is 0.308. The van der Waals surface area contributed by atoms with Crippen LogP contribution in [-0.2, 0) is 17.8 Å². The van der Waals surface area contributed by atoms with Gasteiger partial charge < -0.3 is 16.0 Å². The molecule has 0 aliphatic heterocycles. The summed E-state index contributed by atoms with van der Waals surface area (Å²) in [6, 6.07) is 19.8. The molecule has 0 aliphatic carbocycles. The Bertz CT molecular complexity index is 1210. The highest BCUT2D eigenvalue weighted by Gasteiger charge is 2.09. The van der Waals surface area contributed by atoms with Gasteiger partial charge in [0.05, 0.1) is 6.42 Å². The van der Waals surface area contributed by atoms with E-state index in [9.17, 15) is 4.79 Å². The van der Waals surface area contributed by atoms with E-state index in [0.717, 1.165) is 38.5 Å². The third-order valence-electron chi connectivity index (χ3n) is 4.94. The fourth-order valence-corrected chi connectivity index (χ4v) is 3.55. The standard InChI is InChI=1S/C23H22N4O/c1-14-9-19-10-15(5-8-21(19)27-14)13-26-22(28)12-17-4-2-3-16-11-18(23(24)25)6-7-20(16)17/h2-11,27H,12-13H2,1H3,(H3,24,25)(H,26,28). The lowest BCUT2D eigenvalue weighted by atomic mass is 9.99. The first-order valence-electron chi connectivity index (χ1n) is 9.20. The predicted octanol–water partition coefficient (Wildman–Crippen LogP) is 3.77. The average Bonchev–Trinajstić information content (AvgIpc) is 3.05. The van der Waals surface area contributed by atoms with Gasteiger partial charge in [0.25, 0.3) is 0 Å². The van der Waals surface area contributed by atoms with E-state index in [1.807, 2.05) is 55.5 Å². The molecule has 0 saturated heterocycles. The van der Waals surface area contributed by atoms with E-state index in [-0.39, 0.29) is 11.7 Å². The third kappa shape index (κ3) is 3.60. The van der Waals surface area contributed by atoms with Crippen molar-refractivity contribution in [3.8, 4) is 0 Å². The molecule has 0 atom stereocenters. The number of H-pyrrole nitrogens is 1. The number of nitrogens with two attached hydrogens (primary N) is 1. The maximum Gasteiger partial charge on any atom is 0.224 e. The second-order valence-electron chi connectivity index (χ2n) is 7.09. The monoisotopic (exact) mass is 370 g/mol. The Hall–Kier alpha value is -3.60. The van der Waals surface area contributed by atoms with Crippen molar-refractivity contribution in [1.82, 2.24) is 10.3 Å². The quantitative estimate of drug-likeness (QED) is 0.318. The number of benzene rings is 3. The number of amidine groups is 1. The Labute approximate surface area is 163 Å². The van der Waals surface area contributed by atoms with E-state index in [1.54, 1.807) is 0 Å². The van der Waals surface area contributed by atoms with Crippen molar-refractivity contribution < 1.29 is 4.79 Å². The zero-order valence-corrected chi connectivity index (χ0v) is 15.7. The van der Waals surface area contributed by atoms with Crippen LogP contribution in [0, 0.1) is 12.3 Å². The van der Waals surface area contributed by atoms with Crippen molar-refractivity contribution >= 4 is 33.4 Å². The molecule has 0 fully saturated rings. The molecule has 4 aromatic rings. The Morgan fingerprint density at radius 2 is 1.93 bits per heavy atom. The summed E-state index contributed by atoms with van der Waals surface area (Å²) in [4.78, 5) is 15.8. The number of fused-ring (bicyclic) bond motifs is 2. The van der Waals surface area contributed by atoms with E-state index in [2.05, 4.69) is 22.4 Å². The molecule has 1 heterocycles. The van der Waals surface area contributed by atoms with E-state index >= 15 is 0 Å². The summed E-state index contributed by atoms with van der Waals surface area (Å²) >= 11 is 0. The molecule has 4 rings (SSSR count). The highest BCUT2D eigenvalue weighted by Crippen LogP contribution is 2.21. The number of nitrogens with one attached hydrogen (secondary N) is 3. The van der Waals surface area contributed by atoms with Gasteiger partial charge in [-0.15, -0.1) is 0 Å². The molecule has 1 aromatic heterocycles. The molecule has 0 unspecified atom stereocenters. The van der Waals surface area contributed by atoms with Crippen LogP contribution >= 0.6 is 0 Å². The van der Waals surface area contributed by atoms with Gasteiger partial charge in [-0.1, -0.05) is 36.4 Å². The molecule has 5 nitrogen and oxygen atoms in total. The zero-order valence-electron chi connectivity index (χ0n) is 15.7. The van der Waals surface area contributed by atoms with E-state index in [0.29, 0.717) is 18.5 Å². The largest absolute Gasteiger partial charge is 0.384 e. The van der Waals surface area contributed by atoms with Crippen LogP contribution in [0.2, 0.25) is 0 Å². The summed E-state index contributed by atoms with van der Waals surface area (Å²) in [5.41, 5.74) is 10.5. The molecule has 5 N–H and O–H groups in total. The number of hydrogen-bond acceptors (Lipinski definition) is 2. The minimum atomic E-state index is -0.0199. The van der Waals surface area contributed by atoms with E-state index in [1.165, 1.54) is 0 Å². The number of hydrogen-bond donors (Lipinski definition) is 4. The number of aromatic nitrogens is 1. The number of amides is 1. The van der Waals surface area contributed by atoms with Gasteiger partial charge in [-0.25, -0.2) is 0 Å². The summed E-state index contributed by atoms with van der Waals surface area (Å²) in [5, 5.41) is 13.7. The summed E-state index contributed by atoms with van der Waals surface area (Å²) in [6.45, 7) is 2.53. The number of aryl methyl sites for hydroxylation is 1. The minimum absolute atomic E-state index is 0.0199. The Balaban J connectivity index is 1.47. The van der Waals surface area contributed by atoms with Gasteiger partial charge in [-0.3, -0.25) is 10.2 Å². The van der Waals surface area contributed by atoms with Crippen molar-refractivity contribution in [2.75, 3.05) is 0 Å². The molecule has 28 heavy (non-hydrogen) atoms. The van der Waals surface area contributed by atoms with Gasteiger partial charge >= 0.3 is 0 Å². The van der Waals surface area contributed by atoms with Crippen molar-refractivity contribution in [2.24, 2.45) is 5.73 Å². The van der Waals surface area contributed by atoms with Gasteiger partial charge in [0.15, 0.2) is 0 Å². The van der Waals surface area contributed by atoms with Crippen LogP contribution in [0.25, 0.3) is 21.7 Å². The van der Waals surface area contributed by atoms with Crippen LogP contribution in [-0.4, -0.2) is 16.7 Å². The van der Waals surface area contributed by atoms with Crippen LogP contribution in [0.5, 0.6) is 0 Å². The smallest absolute Gasteiger partial charge is 0.224 e. The van der Waals surface area contributed by atoms with Crippen LogP contribution in [0.4, 0.5) is 0 Å². The highest BCUT2D eigenvalue weighted by atomic mass is 16.1. The number of carbonyl (C=O) groups excluding carboxylic acids is 1. The molecule has 0 saturated carbocycles. The molecule has 0 bridgehead atoms. The first kappa shape index (κ1) is 17.8. The third-order valence-corrected chi connectivity index (χ3v) is 4.94. The first-order valence-corrected chi connectivity index (χ1v) is 9.20. The molecule has 0 aliphatic rings. The number of carbonyl (C=O) groups is 1. The Morgan fingerprint density at radius 1 is 1.07 bits per heavy atom. The van der Waals surface area contributed by atoms with Crippen molar-refractivity contribution in [3.63, 3.8) is 0 Å². The molecule has 0 spiro atoms. The number of nitrogen functional groups attached to an aromatic ring is 1. The lowest BCUT2D eigenvalue weighted by Gasteiger charge is -2.09. The SMILES string of the molecule is Cc1cc2cc(CNC(=O)Cc3cccc4cc(C(=N)N)ccc34)ccc2[nH]1. The summed E-state index contributed by atoms with van der Waals surface area (Å²) in [5.74, 6) is 0.0214.